The summed E-state index contributed by atoms with van der Waals surface area (Å²) >= 11 is 1.22. The van der Waals surface area contributed by atoms with Crippen molar-refractivity contribution >= 4 is 27.8 Å². The number of benzene rings is 2. The fourth-order valence-corrected chi connectivity index (χ4v) is 2.63. The highest BCUT2D eigenvalue weighted by molar-refractivity contribution is 7.14. The molecule has 0 radical (unpaired) electrons. The Morgan fingerprint density at radius 2 is 1.86 bits per heavy atom. The molecular formula is C15H10F3N3S. The lowest BCUT2D eigenvalue weighted by Gasteiger charge is -2.05. The summed E-state index contributed by atoms with van der Waals surface area (Å²) in [5, 5.41) is 4.76. The second-order valence-corrected chi connectivity index (χ2v) is 5.37. The molecule has 0 spiro atoms. The predicted octanol–water partition coefficient (Wildman–Crippen LogP) is 4.55. The van der Waals surface area contributed by atoms with E-state index < -0.39 is 17.5 Å². The third-order valence-electron chi connectivity index (χ3n) is 2.96. The second-order valence-electron chi connectivity index (χ2n) is 4.51. The van der Waals surface area contributed by atoms with Crippen LogP contribution >= 0.6 is 11.3 Å². The van der Waals surface area contributed by atoms with Gasteiger partial charge in [-0.25, -0.2) is 18.2 Å². The number of anilines is 3. The average Bonchev–Trinajstić information content (AvgIpc) is 2.97. The van der Waals surface area contributed by atoms with Crippen LogP contribution in [0.3, 0.4) is 0 Å². The Morgan fingerprint density at radius 1 is 1.05 bits per heavy atom. The molecular weight excluding hydrogens is 311 g/mol. The van der Waals surface area contributed by atoms with Gasteiger partial charge in [-0.05, 0) is 24.3 Å². The van der Waals surface area contributed by atoms with E-state index >= 15 is 0 Å². The summed E-state index contributed by atoms with van der Waals surface area (Å²) in [4.78, 5) is 4.28. The summed E-state index contributed by atoms with van der Waals surface area (Å²) in [6, 6.07) is 9.13. The van der Waals surface area contributed by atoms with Crippen molar-refractivity contribution in [2.24, 2.45) is 0 Å². The van der Waals surface area contributed by atoms with Crippen molar-refractivity contribution in [1.82, 2.24) is 4.98 Å². The van der Waals surface area contributed by atoms with Crippen molar-refractivity contribution in [1.29, 1.82) is 0 Å². The van der Waals surface area contributed by atoms with Crippen molar-refractivity contribution in [3.63, 3.8) is 0 Å². The van der Waals surface area contributed by atoms with Gasteiger partial charge in [0.2, 0.25) is 0 Å². The molecule has 22 heavy (non-hydrogen) atoms. The van der Waals surface area contributed by atoms with Crippen LogP contribution in [-0.2, 0) is 0 Å². The van der Waals surface area contributed by atoms with E-state index in [9.17, 15) is 13.2 Å². The van der Waals surface area contributed by atoms with Crippen LogP contribution in [0.25, 0.3) is 11.3 Å². The summed E-state index contributed by atoms with van der Waals surface area (Å²) in [6.07, 6.45) is 0. The number of aromatic nitrogens is 1. The first kappa shape index (κ1) is 14.4. The van der Waals surface area contributed by atoms with Crippen LogP contribution in [0.2, 0.25) is 0 Å². The molecule has 3 aromatic rings. The Hall–Kier alpha value is -2.54. The minimum atomic E-state index is -1.52. The minimum absolute atomic E-state index is 0.174. The molecule has 0 saturated heterocycles. The monoisotopic (exact) mass is 321 g/mol. The number of nitrogens with one attached hydrogen (secondary N) is 1. The number of hydrogen-bond acceptors (Lipinski definition) is 4. The van der Waals surface area contributed by atoms with Gasteiger partial charge in [0.05, 0.1) is 11.4 Å². The van der Waals surface area contributed by atoms with Crippen molar-refractivity contribution in [3.05, 3.63) is 59.2 Å². The van der Waals surface area contributed by atoms with Gasteiger partial charge in [0.15, 0.2) is 22.6 Å². The Balaban J connectivity index is 1.88. The van der Waals surface area contributed by atoms with Crippen LogP contribution < -0.4 is 11.1 Å². The summed E-state index contributed by atoms with van der Waals surface area (Å²) in [5.41, 5.74) is 7.61. The highest BCUT2D eigenvalue weighted by atomic mass is 32.1. The molecule has 3 N–H and O–H groups in total. The second kappa shape index (κ2) is 5.69. The van der Waals surface area contributed by atoms with Gasteiger partial charge in [-0.3, -0.25) is 0 Å². The molecule has 0 fully saturated rings. The lowest BCUT2D eigenvalue weighted by Crippen LogP contribution is -1.98. The van der Waals surface area contributed by atoms with Crippen LogP contribution in [-0.4, -0.2) is 4.98 Å². The number of nitrogens with zero attached hydrogens (tertiary/aromatic N) is 1. The lowest BCUT2D eigenvalue weighted by molar-refractivity contribution is 0.449. The summed E-state index contributed by atoms with van der Waals surface area (Å²) in [7, 11) is 0. The molecule has 112 valence electrons. The number of thiazole rings is 1. The van der Waals surface area contributed by atoms with Gasteiger partial charge >= 0.3 is 0 Å². The zero-order chi connectivity index (χ0) is 15.7. The van der Waals surface area contributed by atoms with Gasteiger partial charge in [0.1, 0.15) is 0 Å². The molecule has 0 saturated carbocycles. The van der Waals surface area contributed by atoms with Crippen molar-refractivity contribution in [3.8, 4) is 11.3 Å². The first-order valence-electron chi connectivity index (χ1n) is 6.26. The van der Waals surface area contributed by atoms with Crippen molar-refractivity contribution in [2.45, 2.75) is 0 Å². The largest absolute Gasteiger partial charge is 0.399 e. The maximum absolute atomic E-state index is 13.6. The van der Waals surface area contributed by atoms with E-state index in [1.807, 2.05) is 6.07 Å². The van der Waals surface area contributed by atoms with Crippen molar-refractivity contribution in [2.75, 3.05) is 11.1 Å². The van der Waals surface area contributed by atoms with Crippen LogP contribution in [0, 0.1) is 17.5 Å². The van der Waals surface area contributed by atoms with E-state index in [2.05, 4.69) is 10.3 Å². The number of nitrogen functional groups attached to an aromatic ring is 1. The Bertz CT molecular complexity index is 833. The van der Waals surface area contributed by atoms with E-state index in [0.717, 1.165) is 17.7 Å². The van der Waals surface area contributed by atoms with Gasteiger partial charge in [0.25, 0.3) is 0 Å². The first-order valence-corrected chi connectivity index (χ1v) is 7.14. The minimum Gasteiger partial charge on any atom is -0.399 e. The molecule has 0 bridgehead atoms. The van der Waals surface area contributed by atoms with E-state index in [4.69, 9.17) is 5.73 Å². The molecule has 0 aliphatic heterocycles. The maximum atomic E-state index is 13.6. The normalized spacial score (nSPS) is 10.7. The molecule has 2 aromatic carbocycles. The maximum Gasteiger partial charge on any atom is 0.196 e. The lowest BCUT2D eigenvalue weighted by atomic mass is 10.1. The molecule has 0 aliphatic rings. The topological polar surface area (TPSA) is 50.9 Å². The summed E-state index contributed by atoms with van der Waals surface area (Å²) in [5.74, 6) is -4.03. The Morgan fingerprint density at radius 3 is 2.64 bits per heavy atom. The zero-order valence-electron chi connectivity index (χ0n) is 11.1. The number of hydrogen-bond donors (Lipinski definition) is 2. The van der Waals surface area contributed by atoms with Crippen molar-refractivity contribution < 1.29 is 13.2 Å². The molecule has 7 heteroatoms. The molecule has 0 unspecified atom stereocenters. The highest BCUT2D eigenvalue weighted by Crippen LogP contribution is 2.29. The van der Waals surface area contributed by atoms with Gasteiger partial charge in [-0.1, -0.05) is 12.1 Å². The molecule has 3 nitrogen and oxygen atoms in total. The smallest absolute Gasteiger partial charge is 0.196 e. The van der Waals surface area contributed by atoms with E-state index in [1.54, 1.807) is 23.6 Å². The fourth-order valence-electron chi connectivity index (χ4n) is 1.90. The molecule has 0 amide bonds. The molecule has 1 aromatic heterocycles. The number of halogens is 3. The first-order chi connectivity index (χ1) is 10.5. The van der Waals surface area contributed by atoms with Crippen LogP contribution in [0.1, 0.15) is 0 Å². The van der Waals surface area contributed by atoms with Gasteiger partial charge in [-0.15, -0.1) is 11.3 Å². The molecule has 3 rings (SSSR count). The Labute approximate surface area is 128 Å². The number of nitrogens with two attached hydrogens (primary N) is 1. The fraction of sp³-hybridized carbons (Fsp3) is 0. The van der Waals surface area contributed by atoms with E-state index in [-0.39, 0.29) is 5.69 Å². The summed E-state index contributed by atoms with van der Waals surface area (Å²) < 4.78 is 39.7. The highest BCUT2D eigenvalue weighted by Gasteiger charge is 2.14. The summed E-state index contributed by atoms with van der Waals surface area (Å²) in [6.45, 7) is 0. The average molecular weight is 321 g/mol. The van der Waals surface area contributed by atoms with Crippen LogP contribution in [0.15, 0.2) is 41.8 Å². The molecule has 0 aliphatic carbocycles. The third kappa shape index (κ3) is 2.75. The van der Waals surface area contributed by atoms with Gasteiger partial charge in [-0.2, -0.15) is 0 Å². The molecule has 1 heterocycles. The van der Waals surface area contributed by atoms with Crippen LogP contribution in [0.4, 0.5) is 29.7 Å². The van der Waals surface area contributed by atoms with Crippen LogP contribution in [0.5, 0.6) is 0 Å². The zero-order valence-corrected chi connectivity index (χ0v) is 11.9. The van der Waals surface area contributed by atoms with Gasteiger partial charge < -0.3 is 11.1 Å². The Kier molecular flexibility index (Phi) is 3.72. The molecule has 0 atom stereocenters. The van der Waals surface area contributed by atoms with E-state index in [0.29, 0.717) is 16.5 Å². The third-order valence-corrected chi connectivity index (χ3v) is 3.72. The predicted molar refractivity (Wildman–Crippen MR) is 81.6 cm³/mol. The standard InChI is InChI=1S/C15H10F3N3S/c16-10-4-5-11(14(18)13(10)17)20-15-21-12(7-22-15)8-2-1-3-9(19)6-8/h1-7H,19H2,(H,20,21). The SMILES string of the molecule is Nc1cccc(-c2csc(Nc3ccc(F)c(F)c3F)n2)c1. The van der Waals surface area contributed by atoms with Gasteiger partial charge in [0, 0.05) is 16.6 Å². The number of rotatable bonds is 3. The quantitative estimate of drug-likeness (QED) is 0.549. The van der Waals surface area contributed by atoms with E-state index in [1.165, 1.54) is 11.3 Å².